The zero-order chi connectivity index (χ0) is 23.6. The van der Waals surface area contributed by atoms with Crippen LogP contribution in [0.1, 0.15) is 45.2 Å². The van der Waals surface area contributed by atoms with Crippen molar-refractivity contribution in [3.63, 3.8) is 0 Å². The van der Waals surface area contributed by atoms with Gasteiger partial charge in [-0.1, -0.05) is 60.7 Å². The van der Waals surface area contributed by atoms with E-state index in [1.165, 1.54) is 0 Å². The number of rotatable bonds is 10. The lowest BCUT2D eigenvalue weighted by atomic mass is 9.90. The monoisotopic (exact) mass is 439 g/mol. The highest BCUT2D eigenvalue weighted by atomic mass is 16.6. The second-order valence-electron chi connectivity index (χ2n) is 8.70. The fourth-order valence-electron chi connectivity index (χ4n) is 3.33. The Morgan fingerprint density at radius 3 is 1.91 bits per heavy atom. The van der Waals surface area contributed by atoms with Crippen LogP contribution in [0.2, 0.25) is 0 Å². The number of amides is 1. The van der Waals surface area contributed by atoms with Gasteiger partial charge >= 0.3 is 12.1 Å². The average Bonchev–Trinajstić information content (AvgIpc) is 2.73. The first-order chi connectivity index (χ1) is 15.2. The van der Waals surface area contributed by atoms with Crippen molar-refractivity contribution in [1.29, 1.82) is 0 Å². The van der Waals surface area contributed by atoms with Crippen molar-refractivity contribution in [2.75, 3.05) is 6.61 Å². The van der Waals surface area contributed by atoms with Crippen LogP contribution in [0.25, 0.3) is 0 Å². The number of alkyl carbamates (subject to hydrolysis) is 1. The average molecular weight is 440 g/mol. The molecule has 2 rings (SSSR count). The molecule has 0 fully saturated rings. The smallest absolute Gasteiger partial charge is 0.408 e. The first-order valence-electron chi connectivity index (χ1n) is 10.9. The van der Waals surface area contributed by atoms with E-state index in [-0.39, 0.29) is 18.8 Å². The summed E-state index contributed by atoms with van der Waals surface area (Å²) in [7, 11) is 0. The molecule has 6 heteroatoms. The van der Waals surface area contributed by atoms with E-state index in [2.05, 4.69) is 5.32 Å². The second kappa shape index (κ2) is 12.0. The Morgan fingerprint density at radius 1 is 0.875 bits per heavy atom. The van der Waals surface area contributed by atoms with E-state index in [9.17, 15) is 14.4 Å². The predicted octanol–water partition coefficient (Wildman–Crippen LogP) is 4.50. The molecule has 2 atom stereocenters. The molecule has 2 aromatic rings. The summed E-state index contributed by atoms with van der Waals surface area (Å²) in [6, 6.07) is 18.1. The van der Waals surface area contributed by atoms with Gasteiger partial charge in [0.25, 0.3) is 0 Å². The van der Waals surface area contributed by atoms with Crippen LogP contribution >= 0.6 is 0 Å². The Bertz CT molecular complexity index is 874. The maximum Gasteiger partial charge on any atom is 0.408 e. The van der Waals surface area contributed by atoms with Crippen LogP contribution in [-0.4, -0.2) is 36.1 Å². The molecule has 2 aromatic carbocycles. The largest absolute Gasteiger partial charge is 0.466 e. The molecular formula is C26H33NO5. The number of Topliss-reactive ketones (excluding diaryl/α,β-unsaturated/α-hetero) is 1. The van der Waals surface area contributed by atoms with Crippen LogP contribution in [0, 0.1) is 5.92 Å². The lowest BCUT2D eigenvalue weighted by molar-refractivity contribution is -0.149. The number of hydrogen-bond acceptors (Lipinski definition) is 5. The van der Waals surface area contributed by atoms with E-state index >= 15 is 0 Å². The zero-order valence-electron chi connectivity index (χ0n) is 19.3. The van der Waals surface area contributed by atoms with Crippen LogP contribution in [0.4, 0.5) is 4.79 Å². The fraction of sp³-hybridized carbons (Fsp3) is 0.423. The highest BCUT2D eigenvalue weighted by Crippen LogP contribution is 2.18. The predicted molar refractivity (Wildman–Crippen MR) is 123 cm³/mol. The van der Waals surface area contributed by atoms with Crippen molar-refractivity contribution in [1.82, 2.24) is 5.32 Å². The quantitative estimate of drug-likeness (QED) is 0.551. The number of nitrogens with one attached hydrogen (secondary N) is 1. The van der Waals surface area contributed by atoms with Gasteiger partial charge in [0.05, 0.1) is 18.6 Å². The molecule has 0 aliphatic carbocycles. The molecule has 0 radical (unpaired) electrons. The lowest BCUT2D eigenvalue weighted by Gasteiger charge is -2.24. The van der Waals surface area contributed by atoms with Gasteiger partial charge in [-0.2, -0.15) is 0 Å². The van der Waals surface area contributed by atoms with Gasteiger partial charge in [-0.15, -0.1) is 0 Å². The van der Waals surface area contributed by atoms with E-state index in [1.807, 2.05) is 60.7 Å². The first kappa shape index (κ1) is 25.1. The Kier molecular flexibility index (Phi) is 9.44. The first-order valence-corrected chi connectivity index (χ1v) is 10.9. The molecule has 1 N–H and O–H groups in total. The second-order valence-corrected chi connectivity index (χ2v) is 8.70. The Labute approximate surface area is 190 Å². The van der Waals surface area contributed by atoms with Crippen molar-refractivity contribution in [3.8, 4) is 0 Å². The van der Waals surface area contributed by atoms with Crippen molar-refractivity contribution in [3.05, 3.63) is 71.8 Å². The summed E-state index contributed by atoms with van der Waals surface area (Å²) in [5.74, 6) is -1.29. The van der Waals surface area contributed by atoms with Crippen molar-refractivity contribution in [2.24, 2.45) is 5.92 Å². The molecule has 1 unspecified atom stereocenters. The molecular weight excluding hydrogens is 406 g/mol. The molecule has 0 aromatic heterocycles. The van der Waals surface area contributed by atoms with Crippen LogP contribution < -0.4 is 5.32 Å². The summed E-state index contributed by atoms with van der Waals surface area (Å²) in [5.41, 5.74) is 1.15. The van der Waals surface area contributed by atoms with E-state index in [0.29, 0.717) is 12.8 Å². The normalized spacial score (nSPS) is 13.0. The van der Waals surface area contributed by atoms with E-state index in [4.69, 9.17) is 9.47 Å². The van der Waals surface area contributed by atoms with E-state index in [1.54, 1.807) is 27.7 Å². The summed E-state index contributed by atoms with van der Waals surface area (Å²) in [6.45, 7) is 7.26. The van der Waals surface area contributed by atoms with Gasteiger partial charge in [0.15, 0.2) is 5.78 Å². The van der Waals surface area contributed by atoms with Crippen LogP contribution in [0.15, 0.2) is 60.7 Å². The highest BCUT2D eigenvalue weighted by molar-refractivity contribution is 5.90. The molecule has 0 saturated heterocycles. The maximum absolute atomic E-state index is 13.3. The number of ether oxygens (including phenoxy) is 2. The van der Waals surface area contributed by atoms with Crippen molar-refractivity contribution >= 4 is 17.8 Å². The number of carbonyl (C=O) groups excluding carboxylic acids is 3. The Balaban J connectivity index is 2.19. The zero-order valence-corrected chi connectivity index (χ0v) is 19.3. The van der Waals surface area contributed by atoms with Crippen LogP contribution in [0.5, 0.6) is 0 Å². The summed E-state index contributed by atoms with van der Waals surface area (Å²) >= 11 is 0. The fourth-order valence-corrected chi connectivity index (χ4v) is 3.33. The van der Waals surface area contributed by atoms with Gasteiger partial charge in [0.2, 0.25) is 0 Å². The standard InChI is InChI=1S/C26H33NO5/c1-5-31-24(29)21(16-19-12-8-6-9-13-19)18-23(28)22(17-20-14-10-7-11-15-20)27-25(30)32-26(2,3)4/h6-15,21-22H,5,16-18H2,1-4H3,(H,27,30)/t21?,22-/m0/s1. The summed E-state index contributed by atoms with van der Waals surface area (Å²) < 4.78 is 10.6. The van der Waals surface area contributed by atoms with Gasteiger partial charge in [0, 0.05) is 6.42 Å². The van der Waals surface area contributed by atoms with E-state index in [0.717, 1.165) is 11.1 Å². The van der Waals surface area contributed by atoms with Crippen LogP contribution in [-0.2, 0) is 31.9 Å². The minimum absolute atomic E-state index is 0.0406. The van der Waals surface area contributed by atoms with Crippen molar-refractivity contribution in [2.45, 2.75) is 58.6 Å². The molecule has 172 valence electrons. The molecule has 32 heavy (non-hydrogen) atoms. The molecule has 0 spiro atoms. The van der Waals surface area contributed by atoms with Crippen molar-refractivity contribution < 1.29 is 23.9 Å². The Hall–Kier alpha value is -3.15. The number of benzene rings is 2. The summed E-state index contributed by atoms with van der Waals surface area (Å²) in [4.78, 5) is 38.3. The van der Waals surface area contributed by atoms with E-state index < -0.39 is 29.6 Å². The number of hydrogen-bond donors (Lipinski definition) is 1. The van der Waals surface area contributed by atoms with Gasteiger partial charge in [-0.3, -0.25) is 9.59 Å². The topological polar surface area (TPSA) is 81.7 Å². The van der Waals surface area contributed by atoms with Crippen LogP contribution in [0.3, 0.4) is 0 Å². The third kappa shape index (κ3) is 8.92. The highest BCUT2D eigenvalue weighted by Gasteiger charge is 2.30. The van der Waals surface area contributed by atoms with Gasteiger partial charge in [-0.05, 0) is 51.7 Å². The minimum Gasteiger partial charge on any atom is -0.466 e. The SMILES string of the molecule is CCOC(=O)C(CC(=O)[C@H](Cc1ccccc1)NC(=O)OC(C)(C)C)Cc1ccccc1. The molecule has 0 aliphatic rings. The third-order valence-electron chi connectivity index (χ3n) is 4.75. The molecule has 0 heterocycles. The molecule has 1 amide bonds. The number of esters is 1. The third-order valence-corrected chi connectivity index (χ3v) is 4.75. The van der Waals surface area contributed by atoms with Gasteiger partial charge < -0.3 is 14.8 Å². The molecule has 0 bridgehead atoms. The van der Waals surface area contributed by atoms with Gasteiger partial charge in [-0.25, -0.2) is 4.79 Å². The minimum atomic E-state index is -0.819. The molecule has 0 saturated carbocycles. The number of ketones is 1. The maximum atomic E-state index is 13.3. The summed E-state index contributed by atoms with van der Waals surface area (Å²) in [5, 5.41) is 2.70. The molecule has 6 nitrogen and oxygen atoms in total. The summed E-state index contributed by atoms with van der Waals surface area (Å²) in [6.07, 6.45) is -0.0148. The number of carbonyl (C=O) groups is 3. The van der Waals surface area contributed by atoms with Gasteiger partial charge in [0.1, 0.15) is 5.60 Å². The Morgan fingerprint density at radius 2 is 1.41 bits per heavy atom. The lowest BCUT2D eigenvalue weighted by Crippen LogP contribution is -2.45. The molecule has 0 aliphatic heterocycles.